The maximum Gasteiger partial charge on any atom is 0.225 e. The van der Waals surface area contributed by atoms with E-state index in [0.29, 0.717) is 30.2 Å². The van der Waals surface area contributed by atoms with Crippen molar-refractivity contribution in [1.82, 2.24) is 34.3 Å². The summed E-state index contributed by atoms with van der Waals surface area (Å²) in [6.45, 7) is 3.06. The van der Waals surface area contributed by atoms with E-state index in [1.165, 1.54) is 12.1 Å². The lowest BCUT2D eigenvalue weighted by Crippen LogP contribution is -2.30. The zero-order valence-corrected chi connectivity index (χ0v) is 22.5. The van der Waals surface area contributed by atoms with Crippen LogP contribution in [0.3, 0.4) is 0 Å². The first-order valence-electron chi connectivity index (χ1n) is 13.6. The van der Waals surface area contributed by atoms with Crippen molar-refractivity contribution in [2.75, 3.05) is 24.6 Å². The van der Waals surface area contributed by atoms with E-state index >= 15 is 0 Å². The van der Waals surface area contributed by atoms with Gasteiger partial charge in [0.15, 0.2) is 0 Å². The van der Waals surface area contributed by atoms with Gasteiger partial charge in [-0.1, -0.05) is 18.2 Å². The second-order valence-corrected chi connectivity index (χ2v) is 11.0. The summed E-state index contributed by atoms with van der Waals surface area (Å²) in [6, 6.07) is 7.86. The molecule has 0 spiro atoms. The molecule has 1 atom stereocenters. The van der Waals surface area contributed by atoms with Crippen LogP contribution in [0.15, 0.2) is 73.7 Å². The Bertz CT molecular complexity index is 1750. The number of hydrogen-bond acceptors (Lipinski definition) is 8. The zero-order chi connectivity index (χ0) is 28.2. The molecule has 0 radical (unpaired) electrons. The highest BCUT2D eigenvalue weighted by atomic mass is 19.1. The molecule has 1 saturated carbocycles. The van der Waals surface area contributed by atoms with E-state index in [-0.39, 0.29) is 18.0 Å². The van der Waals surface area contributed by atoms with Crippen LogP contribution in [0.1, 0.15) is 43.0 Å². The van der Waals surface area contributed by atoms with E-state index in [9.17, 15) is 14.6 Å². The maximum atomic E-state index is 13.3. The molecule has 0 bridgehead atoms. The van der Waals surface area contributed by atoms with Gasteiger partial charge in [-0.15, -0.1) is 0 Å². The van der Waals surface area contributed by atoms with Crippen molar-refractivity contribution in [3.63, 3.8) is 0 Å². The number of aliphatic hydroxyl groups is 2. The second kappa shape index (κ2) is 9.57. The van der Waals surface area contributed by atoms with Crippen molar-refractivity contribution in [1.29, 1.82) is 0 Å². The van der Waals surface area contributed by atoms with Gasteiger partial charge in [0.2, 0.25) is 5.95 Å². The van der Waals surface area contributed by atoms with Crippen LogP contribution in [-0.2, 0) is 11.1 Å². The predicted molar refractivity (Wildman–Crippen MR) is 150 cm³/mol. The third kappa shape index (κ3) is 4.47. The largest absolute Gasteiger partial charge is 0.394 e. The van der Waals surface area contributed by atoms with Crippen molar-refractivity contribution in [2.24, 2.45) is 0 Å². The molecule has 4 aromatic heterocycles. The monoisotopic (exact) mass is 552 g/mol. The van der Waals surface area contributed by atoms with E-state index in [2.05, 4.69) is 42.2 Å². The molecule has 0 amide bonds. The van der Waals surface area contributed by atoms with Gasteiger partial charge < -0.3 is 15.1 Å². The Morgan fingerprint density at radius 2 is 1.76 bits per heavy atom. The Labute approximate surface area is 235 Å². The summed E-state index contributed by atoms with van der Waals surface area (Å²) < 4.78 is 17.1. The number of rotatable bonds is 7. The van der Waals surface area contributed by atoms with Crippen LogP contribution in [-0.4, -0.2) is 64.3 Å². The van der Waals surface area contributed by atoms with Crippen LogP contribution in [0.4, 0.5) is 10.3 Å². The normalized spacial score (nSPS) is 17.9. The third-order valence-corrected chi connectivity index (χ3v) is 8.33. The van der Waals surface area contributed by atoms with E-state index in [0.717, 1.165) is 47.2 Å². The summed E-state index contributed by atoms with van der Waals surface area (Å²) in [7, 11) is 0. The smallest absolute Gasteiger partial charge is 0.225 e. The molecule has 0 saturated heterocycles. The fourth-order valence-electron chi connectivity index (χ4n) is 5.41. The summed E-state index contributed by atoms with van der Waals surface area (Å²) in [4.78, 5) is 15.7. The Kier molecular flexibility index (Phi) is 5.95. The Balaban J connectivity index is 1.09. The molecule has 1 fully saturated rings. The number of nitrogens with zero attached hydrogens (tertiary/aromatic N) is 8. The van der Waals surface area contributed by atoms with Gasteiger partial charge in [0.05, 0.1) is 29.6 Å². The highest BCUT2D eigenvalue weighted by Crippen LogP contribution is 2.43. The van der Waals surface area contributed by atoms with Crippen LogP contribution in [0.5, 0.6) is 0 Å². The minimum absolute atomic E-state index is 0.0959. The number of fused-ring (bicyclic) bond motifs is 1. The van der Waals surface area contributed by atoms with Crippen molar-refractivity contribution in [3.05, 3.63) is 96.4 Å². The van der Waals surface area contributed by atoms with Gasteiger partial charge in [-0.05, 0) is 55.5 Å². The number of anilines is 1. The van der Waals surface area contributed by atoms with Gasteiger partial charge in [0.1, 0.15) is 17.7 Å². The van der Waals surface area contributed by atoms with Gasteiger partial charge in [-0.25, -0.2) is 23.9 Å². The topological polar surface area (TPSA) is 117 Å². The lowest BCUT2D eigenvalue weighted by molar-refractivity contribution is 0.101. The molecule has 2 N–H and O–H groups in total. The molecular formula is C30H29FN8O2. The fourth-order valence-corrected chi connectivity index (χ4v) is 5.41. The molecule has 1 aromatic carbocycles. The summed E-state index contributed by atoms with van der Waals surface area (Å²) in [5.41, 5.74) is 4.42. The fraction of sp³-hybridized carbons (Fsp3) is 0.300. The van der Waals surface area contributed by atoms with E-state index < -0.39 is 5.60 Å². The lowest BCUT2D eigenvalue weighted by atomic mass is 9.90. The average molecular weight is 553 g/mol. The van der Waals surface area contributed by atoms with E-state index in [1.54, 1.807) is 37.8 Å². The van der Waals surface area contributed by atoms with Gasteiger partial charge in [0, 0.05) is 54.6 Å². The Hall–Kier alpha value is -4.48. The minimum Gasteiger partial charge on any atom is -0.394 e. The molecular weight excluding hydrogens is 523 g/mol. The molecule has 41 heavy (non-hydrogen) atoms. The van der Waals surface area contributed by atoms with Crippen molar-refractivity contribution < 1.29 is 14.6 Å². The number of halogens is 1. The minimum atomic E-state index is -1.34. The summed E-state index contributed by atoms with van der Waals surface area (Å²) >= 11 is 0. The molecule has 208 valence electrons. The number of hydrogen-bond donors (Lipinski definition) is 2. The standard InChI is InChI=1S/C30H29FN8O2/c1-29(41,23-2-4-25(31)5-3-23)24-14-32-28(33-15-24)37-10-6-20(7-11-37)27-26-12-21(16-38(26)36-19-34-27)22-13-35-39(17-22)30(18-40)8-9-30/h2-6,12-17,19,40-41H,7-11,18H2,1H3/t29-/m0/s1. The molecule has 0 unspecified atom stereocenters. The molecule has 5 heterocycles. The van der Waals surface area contributed by atoms with Gasteiger partial charge in [-0.3, -0.25) is 4.68 Å². The Morgan fingerprint density at radius 3 is 2.44 bits per heavy atom. The summed E-state index contributed by atoms with van der Waals surface area (Å²) in [6.07, 6.45) is 15.4. The van der Waals surface area contributed by atoms with Gasteiger partial charge in [0.25, 0.3) is 0 Å². The number of benzene rings is 1. The molecule has 10 nitrogen and oxygen atoms in total. The quantitative estimate of drug-likeness (QED) is 0.315. The van der Waals surface area contributed by atoms with Gasteiger partial charge in [-0.2, -0.15) is 10.2 Å². The second-order valence-electron chi connectivity index (χ2n) is 11.0. The van der Waals surface area contributed by atoms with E-state index in [4.69, 9.17) is 0 Å². The number of aromatic nitrogens is 7. The molecule has 2 aliphatic rings. The first-order valence-corrected chi connectivity index (χ1v) is 13.6. The molecule has 5 aromatic rings. The first kappa shape index (κ1) is 25.5. The lowest BCUT2D eigenvalue weighted by Gasteiger charge is -2.28. The molecule has 1 aliphatic heterocycles. The first-order chi connectivity index (χ1) is 19.9. The highest BCUT2D eigenvalue weighted by Gasteiger charge is 2.45. The average Bonchev–Trinajstić information content (AvgIpc) is 3.42. The van der Waals surface area contributed by atoms with Gasteiger partial charge >= 0.3 is 0 Å². The van der Waals surface area contributed by atoms with Crippen LogP contribution in [0.25, 0.3) is 22.2 Å². The van der Waals surface area contributed by atoms with Crippen molar-refractivity contribution in [3.8, 4) is 11.1 Å². The SMILES string of the molecule is C[C@](O)(c1ccc(F)cc1)c1cnc(N2CC=C(c3ncnn4cc(-c5cnn(C6(CO)CC6)c5)cc34)CC2)nc1. The van der Waals surface area contributed by atoms with Crippen LogP contribution in [0, 0.1) is 5.82 Å². The van der Waals surface area contributed by atoms with Crippen LogP contribution < -0.4 is 4.90 Å². The van der Waals surface area contributed by atoms with Crippen molar-refractivity contribution >= 4 is 17.0 Å². The third-order valence-electron chi connectivity index (χ3n) is 8.33. The Morgan fingerprint density at radius 1 is 0.976 bits per heavy atom. The molecule has 7 rings (SSSR count). The summed E-state index contributed by atoms with van der Waals surface area (Å²) in [5, 5.41) is 29.8. The molecule has 11 heteroatoms. The molecule has 1 aliphatic carbocycles. The summed E-state index contributed by atoms with van der Waals surface area (Å²) in [5.74, 6) is 0.219. The highest BCUT2D eigenvalue weighted by molar-refractivity contribution is 5.80. The number of aliphatic hydroxyl groups excluding tert-OH is 1. The van der Waals surface area contributed by atoms with Crippen molar-refractivity contribution in [2.45, 2.75) is 37.3 Å². The predicted octanol–water partition coefficient (Wildman–Crippen LogP) is 3.55. The van der Waals surface area contributed by atoms with E-state index in [1.807, 2.05) is 27.8 Å². The maximum absolute atomic E-state index is 13.3. The van der Waals surface area contributed by atoms with Crippen LogP contribution >= 0.6 is 0 Å². The zero-order valence-electron chi connectivity index (χ0n) is 22.5. The van der Waals surface area contributed by atoms with Crippen LogP contribution in [0.2, 0.25) is 0 Å².